The number of unbranched alkanes of at least 4 members (excludes halogenated alkanes) is 18. The average Bonchev–Trinajstić information content (AvgIpc) is 3.97. The molecule has 0 spiro atoms. The van der Waals surface area contributed by atoms with Gasteiger partial charge >= 0.3 is 0 Å². The maximum absolute atomic E-state index is 6.78. The smallest absolute Gasteiger partial charge is 0.161 e. The lowest BCUT2D eigenvalue weighted by molar-refractivity contribution is 0.259. The number of ether oxygens (including phenoxy) is 2. The van der Waals surface area contributed by atoms with Gasteiger partial charge in [-0.25, -0.2) is 0 Å². The molecule has 0 N–H and O–H groups in total. The number of hydrogen-bond donors (Lipinski definition) is 0. The van der Waals surface area contributed by atoms with Crippen LogP contribution >= 0.6 is 45.3 Å². The summed E-state index contributed by atoms with van der Waals surface area (Å²) in [5.41, 5.74) is 0. The molecule has 0 unspecified atom stereocenters. The van der Waals surface area contributed by atoms with Crippen LogP contribution in [0.4, 0.5) is 0 Å². The van der Waals surface area contributed by atoms with Crippen LogP contribution in [0.15, 0.2) is 60.7 Å². The van der Waals surface area contributed by atoms with Crippen LogP contribution in [0.25, 0.3) is 69.9 Å². The zero-order chi connectivity index (χ0) is 38.1. The maximum Gasteiger partial charge on any atom is 0.161 e. The third-order valence-corrected chi connectivity index (χ3v) is 17.0. The van der Waals surface area contributed by atoms with E-state index in [0.29, 0.717) is 0 Å². The van der Waals surface area contributed by atoms with Crippen LogP contribution in [0.5, 0.6) is 11.5 Å². The van der Waals surface area contributed by atoms with Crippen molar-refractivity contribution in [1.29, 1.82) is 0 Å². The van der Waals surface area contributed by atoms with Gasteiger partial charge in [-0.3, -0.25) is 0 Å². The molecule has 4 aromatic heterocycles. The van der Waals surface area contributed by atoms with Gasteiger partial charge in [-0.1, -0.05) is 166 Å². The van der Waals surface area contributed by atoms with Gasteiger partial charge in [0, 0.05) is 30.9 Å². The lowest BCUT2D eigenvalue weighted by Crippen LogP contribution is -2.03. The van der Waals surface area contributed by atoms with Crippen LogP contribution in [0, 0.1) is 0 Å². The minimum Gasteiger partial charge on any atom is -0.490 e. The Morgan fingerprint density at radius 3 is 1.09 bits per heavy atom. The van der Waals surface area contributed by atoms with E-state index in [0.717, 1.165) is 37.6 Å². The van der Waals surface area contributed by atoms with Crippen molar-refractivity contribution < 1.29 is 9.47 Å². The standard InChI is InChI=1S/C50H60O2S4/c1-3-5-7-9-11-13-15-17-19-25-31-51-39-33-37-38(34-40(39)52-32-26-20-18-16-14-12-10-8-6-4-2)44-48-46(36-28-22-24-30-42(36)54-48)56-50(44)49-43(37)47-45(55-49)35-27-21-23-29-41(35)53-47/h21-24,27-30,33-34H,3-20,25-26,31-32H2,1-2H3. The molecule has 0 fully saturated rings. The molecule has 0 aliphatic heterocycles. The van der Waals surface area contributed by atoms with Crippen molar-refractivity contribution in [1.82, 2.24) is 0 Å². The lowest BCUT2D eigenvalue weighted by atomic mass is 10.0. The van der Waals surface area contributed by atoms with Crippen molar-refractivity contribution in [3.63, 3.8) is 0 Å². The molecule has 0 atom stereocenters. The first-order chi connectivity index (χ1) is 27.8. The molecule has 0 amide bonds. The average molecular weight is 821 g/mol. The minimum absolute atomic E-state index is 0.739. The molecule has 0 radical (unpaired) electrons. The summed E-state index contributed by atoms with van der Waals surface area (Å²) >= 11 is 7.90. The van der Waals surface area contributed by atoms with Crippen molar-refractivity contribution in [2.24, 2.45) is 0 Å². The summed E-state index contributed by atoms with van der Waals surface area (Å²) in [6, 6.07) is 22.7. The fourth-order valence-corrected chi connectivity index (χ4v) is 14.4. The normalized spacial score (nSPS) is 12.2. The van der Waals surface area contributed by atoms with Gasteiger partial charge in [-0.2, -0.15) is 0 Å². The predicted molar refractivity (Wildman–Crippen MR) is 255 cm³/mol. The topological polar surface area (TPSA) is 18.5 Å². The van der Waals surface area contributed by atoms with Crippen LogP contribution in [0.3, 0.4) is 0 Å². The van der Waals surface area contributed by atoms with E-state index in [9.17, 15) is 0 Å². The van der Waals surface area contributed by atoms with Gasteiger partial charge in [-0.15, -0.1) is 45.3 Å². The van der Waals surface area contributed by atoms with Crippen molar-refractivity contribution >= 4 is 115 Å². The van der Waals surface area contributed by atoms with Crippen molar-refractivity contribution in [2.75, 3.05) is 13.2 Å². The Labute approximate surface area is 350 Å². The summed E-state index contributed by atoms with van der Waals surface area (Å²) in [7, 11) is 0. The second kappa shape index (κ2) is 19.7. The van der Waals surface area contributed by atoms with Crippen molar-refractivity contribution in [3.8, 4) is 11.5 Å². The molecule has 0 aliphatic carbocycles. The van der Waals surface area contributed by atoms with Crippen LogP contribution in [-0.2, 0) is 0 Å². The number of fused-ring (bicyclic) bond motifs is 14. The summed E-state index contributed by atoms with van der Waals surface area (Å²) < 4.78 is 24.8. The molecule has 0 aliphatic rings. The zero-order valence-corrected chi connectivity index (χ0v) is 37.0. The monoisotopic (exact) mass is 820 g/mol. The van der Waals surface area contributed by atoms with Crippen LogP contribution in [0.2, 0.25) is 0 Å². The van der Waals surface area contributed by atoms with E-state index in [1.165, 1.54) is 185 Å². The quantitative estimate of drug-likeness (QED) is 0.0565. The summed E-state index contributed by atoms with van der Waals surface area (Å²) in [6.45, 7) is 6.07. The Hall–Kier alpha value is -2.90. The molecular weight excluding hydrogens is 761 g/mol. The van der Waals surface area contributed by atoms with Gasteiger partial charge < -0.3 is 9.47 Å². The zero-order valence-electron chi connectivity index (χ0n) is 33.8. The molecule has 56 heavy (non-hydrogen) atoms. The molecule has 0 saturated heterocycles. The van der Waals surface area contributed by atoms with Gasteiger partial charge in [0.25, 0.3) is 0 Å². The summed E-state index contributed by atoms with van der Waals surface area (Å²) in [5, 5.41) is 8.19. The van der Waals surface area contributed by atoms with Crippen molar-refractivity contribution in [2.45, 2.75) is 142 Å². The highest BCUT2D eigenvalue weighted by molar-refractivity contribution is 7.41. The summed E-state index contributed by atoms with van der Waals surface area (Å²) in [6.07, 6.45) is 26.5. The number of benzene rings is 4. The predicted octanol–water partition coefficient (Wildman–Crippen LogP) is 18.6. The second-order valence-electron chi connectivity index (χ2n) is 16.0. The molecule has 4 heterocycles. The van der Waals surface area contributed by atoms with E-state index in [4.69, 9.17) is 9.47 Å². The Morgan fingerprint density at radius 2 is 0.696 bits per heavy atom. The molecule has 6 heteroatoms. The molecule has 2 nitrogen and oxygen atoms in total. The molecule has 296 valence electrons. The molecule has 0 saturated carbocycles. The van der Waals surface area contributed by atoms with E-state index in [-0.39, 0.29) is 0 Å². The largest absolute Gasteiger partial charge is 0.490 e. The highest BCUT2D eigenvalue weighted by Gasteiger charge is 2.24. The molecule has 0 bridgehead atoms. The van der Waals surface area contributed by atoms with Crippen molar-refractivity contribution in [3.05, 3.63) is 60.7 Å². The van der Waals surface area contributed by atoms with E-state index < -0.39 is 0 Å². The fraction of sp³-hybridized carbons (Fsp3) is 0.480. The first-order valence-electron chi connectivity index (χ1n) is 22.1. The van der Waals surface area contributed by atoms with E-state index in [1.807, 2.05) is 45.3 Å². The summed E-state index contributed by atoms with van der Waals surface area (Å²) in [4.78, 5) is 0. The Balaban J connectivity index is 1.10. The maximum atomic E-state index is 6.78. The second-order valence-corrected chi connectivity index (χ2v) is 20.2. The SMILES string of the molecule is CCCCCCCCCCCCOc1cc2c(cc1OCCCCCCCCCCCC)c1c3sc4ccccc4c3sc1c1sc3c4ccccc4sc3c21. The molecule has 8 rings (SSSR count). The van der Waals surface area contributed by atoms with Gasteiger partial charge in [0.2, 0.25) is 0 Å². The van der Waals surface area contributed by atoms with Gasteiger partial charge in [0.15, 0.2) is 11.5 Å². The van der Waals surface area contributed by atoms with Crippen LogP contribution in [0.1, 0.15) is 142 Å². The highest BCUT2D eigenvalue weighted by atomic mass is 32.1. The van der Waals surface area contributed by atoms with E-state index >= 15 is 0 Å². The third kappa shape index (κ3) is 8.75. The lowest BCUT2D eigenvalue weighted by Gasteiger charge is -2.16. The first kappa shape index (κ1) is 39.9. The molecule has 4 aromatic carbocycles. The van der Waals surface area contributed by atoms with E-state index in [2.05, 4.69) is 74.5 Å². The fourth-order valence-electron chi connectivity index (χ4n) is 8.64. The molecular formula is C50H60O2S4. The Morgan fingerprint density at radius 1 is 0.357 bits per heavy atom. The number of hydrogen-bond acceptors (Lipinski definition) is 6. The summed E-state index contributed by atoms with van der Waals surface area (Å²) in [5.74, 6) is 1.84. The van der Waals surface area contributed by atoms with Crippen LogP contribution < -0.4 is 9.47 Å². The third-order valence-electron chi connectivity index (χ3n) is 11.8. The van der Waals surface area contributed by atoms with E-state index in [1.54, 1.807) is 0 Å². The Kier molecular flexibility index (Phi) is 14.0. The number of thiophene rings is 4. The van der Waals surface area contributed by atoms with Gasteiger partial charge in [-0.05, 0) is 47.9 Å². The number of rotatable bonds is 24. The Bertz CT molecular complexity index is 2320. The van der Waals surface area contributed by atoms with Gasteiger partial charge in [0.1, 0.15) is 0 Å². The highest BCUT2D eigenvalue weighted by Crippen LogP contribution is 2.56. The minimum atomic E-state index is 0.739. The molecule has 8 aromatic rings. The van der Waals surface area contributed by atoms with Crippen LogP contribution in [-0.4, -0.2) is 13.2 Å². The first-order valence-corrected chi connectivity index (χ1v) is 25.4. The van der Waals surface area contributed by atoms with Gasteiger partial charge in [0.05, 0.1) is 41.4 Å².